The highest BCUT2D eigenvalue weighted by Crippen LogP contribution is 2.36. The molecule has 0 N–H and O–H groups in total. The first-order chi connectivity index (χ1) is 18.0. The van der Waals surface area contributed by atoms with E-state index in [1.807, 2.05) is 0 Å². The number of hydroxylamine groups is 2. The van der Waals surface area contributed by atoms with Crippen LogP contribution in [-0.4, -0.2) is 51.1 Å². The molecule has 0 fully saturated rings. The Balaban J connectivity index is 1.69. The second-order valence-corrected chi connectivity index (χ2v) is 10.2. The maximum Gasteiger partial charge on any atom is 0.324 e. The van der Waals surface area contributed by atoms with Gasteiger partial charge in [0.05, 0.1) is 17.7 Å². The summed E-state index contributed by atoms with van der Waals surface area (Å²) in [6.07, 6.45) is 0. The molecular weight excluding hydrogens is 561 g/mol. The van der Waals surface area contributed by atoms with Gasteiger partial charge in [0.2, 0.25) is 5.82 Å². The van der Waals surface area contributed by atoms with Gasteiger partial charge in [-0.25, -0.2) is 22.0 Å². The van der Waals surface area contributed by atoms with E-state index in [2.05, 4.69) is 4.28 Å². The third-order valence-corrected chi connectivity index (χ3v) is 7.38. The molecule has 0 bridgehead atoms. The normalized spacial score (nSPS) is 13.6. The van der Waals surface area contributed by atoms with Crippen molar-refractivity contribution < 1.29 is 53.7 Å². The van der Waals surface area contributed by atoms with Crippen molar-refractivity contribution in [2.45, 2.75) is 16.7 Å². The molecule has 1 aliphatic rings. The van der Waals surface area contributed by atoms with Gasteiger partial charge in [-0.3, -0.25) is 9.59 Å². The first-order valence-electron chi connectivity index (χ1n) is 10.7. The summed E-state index contributed by atoms with van der Waals surface area (Å²) in [6, 6.07) is 7.30. The molecule has 0 unspecified atom stereocenters. The predicted octanol–water partition coefficient (Wildman–Crippen LogP) is 4.55. The van der Waals surface area contributed by atoms with Gasteiger partial charge in [0.15, 0.2) is 28.2 Å². The molecule has 0 radical (unpaired) electrons. The van der Waals surface area contributed by atoms with E-state index < -0.39 is 55.9 Å². The molecule has 4 rings (SSSR count). The van der Waals surface area contributed by atoms with Crippen molar-refractivity contribution in [2.75, 3.05) is 25.8 Å². The van der Waals surface area contributed by atoms with Gasteiger partial charge in [-0.05, 0) is 30.5 Å². The van der Waals surface area contributed by atoms with Crippen molar-refractivity contribution in [3.63, 3.8) is 0 Å². The predicted molar refractivity (Wildman–Crippen MR) is 122 cm³/mol. The zero-order valence-electron chi connectivity index (χ0n) is 19.2. The summed E-state index contributed by atoms with van der Waals surface area (Å²) in [5.74, 6) is -15.4. The Kier molecular flexibility index (Phi) is 8.04. The molecular formula is C23H16F5NO7S2. The minimum absolute atomic E-state index is 0.0911. The first-order valence-corrected chi connectivity index (χ1v) is 13.1. The van der Waals surface area contributed by atoms with E-state index >= 15 is 0 Å². The second kappa shape index (κ2) is 10.9. The SMILES string of the molecule is CCOCOCCSc1cc2c3c(cccc3c1)C(=O)N(OS(=O)(=O)c1c(F)c(F)c(F)c(F)c1F)C2=O. The summed E-state index contributed by atoms with van der Waals surface area (Å²) < 4.78 is 109. The Hall–Kier alpha value is -3.11. The van der Waals surface area contributed by atoms with Gasteiger partial charge >= 0.3 is 10.1 Å². The third-order valence-electron chi connectivity index (χ3n) is 5.24. The Bertz CT molecular complexity index is 1540. The van der Waals surface area contributed by atoms with E-state index in [0.717, 1.165) is 0 Å². The number of hydrogen-bond acceptors (Lipinski definition) is 8. The molecule has 0 saturated heterocycles. The number of benzene rings is 3. The number of thioether (sulfide) groups is 1. The van der Waals surface area contributed by atoms with Gasteiger partial charge < -0.3 is 9.47 Å². The number of carbonyl (C=O) groups is 2. The van der Waals surface area contributed by atoms with Crippen molar-refractivity contribution in [1.29, 1.82) is 0 Å². The fourth-order valence-electron chi connectivity index (χ4n) is 3.57. The smallest absolute Gasteiger partial charge is 0.324 e. The lowest BCUT2D eigenvalue weighted by atomic mass is 9.95. The number of nitrogens with zero attached hydrogens (tertiary/aromatic N) is 1. The van der Waals surface area contributed by atoms with Crippen molar-refractivity contribution in [3.8, 4) is 0 Å². The topological polar surface area (TPSA) is 99.2 Å². The van der Waals surface area contributed by atoms with Crippen molar-refractivity contribution in [1.82, 2.24) is 5.06 Å². The lowest BCUT2D eigenvalue weighted by Gasteiger charge is -2.26. The van der Waals surface area contributed by atoms with Crippen LogP contribution in [0.1, 0.15) is 27.6 Å². The number of imide groups is 1. The fourth-order valence-corrected chi connectivity index (χ4v) is 5.44. The van der Waals surface area contributed by atoms with Crippen molar-refractivity contribution >= 4 is 44.5 Å². The van der Waals surface area contributed by atoms with E-state index in [9.17, 15) is 40.0 Å². The number of ether oxygens (including phenoxy) is 2. The molecule has 0 saturated carbocycles. The summed E-state index contributed by atoms with van der Waals surface area (Å²) in [4.78, 5) is 24.3. The number of hydrogen-bond donors (Lipinski definition) is 0. The van der Waals surface area contributed by atoms with Gasteiger partial charge in [0.25, 0.3) is 11.8 Å². The number of carbonyl (C=O) groups excluding carboxylic acids is 2. The van der Waals surface area contributed by atoms with Crippen LogP contribution >= 0.6 is 11.8 Å². The van der Waals surface area contributed by atoms with Gasteiger partial charge in [-0.2, -0.15) is 8.42 Å². The van der Waals surface area contributed by atoms with E-state index in [-0.39, 0.29) is 28.4 Å². The van der Waals surface area contributed by atoms with E-state index in [1.54, 1.807) is 19.1 Å². The van der Waals surface area contributed by atoms with Crippen LogP contribution in [0.4, 0.5) is 22.0 Å². The van der Waals surface area contributed by atoms with E-state index in [4.69, 9.17) is 9.47 Å². The van der Waals surface area contributed by atoms with Crippen LogP contribution in [0.3, 0.4) is 0 Å². The monoisotopic (exact) mass is 577 g/mol. The van der Waals surface area contributed by atoms with Crippen LogP contribution in [-0.2, 0) is 23.9 Å². The molecule has 3 aromatic rings. The second-order valence-electron chi connectivity index (χ2n) is 7.57. The molecule has 1 aliphatic heterocycles. The first kappa shape index (κ1) is 27.9. The Morgan fingerprint density at radius 2 is 1.50 bits per heavy atom. The van der Waals surface area contributed by atoms with Gasteiger partial charge in [-0.15, -0.1) is 21.1 Å². The summed E-state index contributed by atoms with van der Waals surface area (Å²) in [7, 11) is -5.90. The van der Waals surface area contributed by atoms with E-state index in [0.29, 0.717) is 29.2 Å². The highest BCUT2D eigenvalue weighted by molar-refractivity contribution is 7.99. The van der Waals surface area contributed by atoms with Crippen LogP contribution in [0.25, 0.3) is 10.8 Å². The Morgan fingerprint density at radius 3 is 2.16 bits per heavy atom. The lowest BCUT2D eigenvalue weighted by Crippen LogP contribution is -2.42. The van der Waals surface area contributed by atoms with Crippen molar-refractivity contribution in [3.05, 3.63) is 70.5 Å². The lowest BCUT2D eigenvalue weighted by molar-refractivity contribution is -0.0435. The minimum atomic E-state index is -5.90. The maximum absolute atomic E-state index is 14.1. The Morgan fingerprint density at radius 1 is 0.868 bits per heavy atom. The molecule has 3 aromatic carbocycles. The number of rotatable bonds is 10. The molecule has 1 heterocycles. The average Bonchev–Trinajstić information content (AvgIpc) is 2.89. The molecule has 0 atom stereocenters. The number of amides is 2. The zero-order chi connectivity index (χ0) is 27.8. The van der Waals surface area contributed by atoms with Crippen LogP contribution < -0.4 is 0 Å². The molecule has 8 nitrogen and oxygen atoms in total. The fraction of sp³-hybridized carbons (Fsp3) is 0.217. The quantitative estimate of drug-likeness (QED) is 0.0658. The summed E-state index contributed by atoms with van der Waals surface area (Å²) in [5, 5.41) is 0.305. The average molecular weight is 578 g/mol. The maximum atomic E-state index is 14.1. The van der Waals surface area contributed by atoms with Crippen molar-refractivity contribution in [2.24, 2.45) is 0 Å². The third kappa shape index (κ3) is 4.99. The van der Waals surface area contributed by atoms with Crippen LogP contribution in [0, 0.1) is 29.1 Å². The van der Waals surface area contributed by atoms with Gasteiger partial charge in [-0.1, -0.05) is 12.1 Å². The van der Waals surface area contributed by atoms with E-state index in [1.165, 1.54) is 30.0 Å². The standard InChI is InChI=1S/C23H16F5NO7S2/c1-2-34-10-35-6-7-37-12-8-11-4-3-5-13-15(11)14(9-12)23(31)29(22(13)30)36-38(32,33)21-19(27)17(25)16(24)18(26)20(21)28/h3-5,8-9H,2,6-7,10H2,1H3. The number of halogens is 5. The summed E-state index contributed by atoms with van der Waals surface area (Å²) >= 11 is 1.26. The minimum Gasteiger partial charge on any atom is -0.356 e. The highest BCUT2D eigenvalue weighted by atomic mass is 32.2. The molecule has 0 aromatic heterocycles. The molecule has 0 aliphatic carbocycles. The molecule has 38 heavy (non-hydrogen) atoms. The molecule has 2 amide bonds. The van der Waals surface area contributed by atoms with Crippen LogP contribution in [0.2, 0.25) is 0 Å². The molecule has 0 spiro atoms. The summed E-state index contributed by atoms with van der Waals surface area (Å²) in [6.45, 7) is 2.66. The highest BCUT2D eigenvalue weighted by Gasteiger charge is 2.41. The zero-order valence-corrected chi connectivity index (χ0v) is 20.9. The molecule has 202 valence electrons. The molecule has 15 heteroatoms. The van der Waals surface area contributed by atoms with Crippen LogP contribution in [0.5, 0.6) is 0 Å². The van der Waals surface area contributed by atoms with Gasteiger partial charge in [0, 0.05) is 22.6 Å². The Labute approximate surface area is 216 Å². The largest absolute Gasteiger partial charge is 0.356 e. The van der Waals surface area contributed by atoms with Crippen LogP contribution in [0.15, 0.2) is 40.1 Å². The summed E-state index contributed by atoms with van der Waals surface area (Å²) in [5.41, 5.74) is -0.385. The van der Waals surface area contributed by atoms with Gasteiger partial charge in [0.1, 0.15) is 6.79 Å².